The Morgan fingerprint density at radius 1 is 1.04 bits per heavy atom. The maximum Gasteiger partial charge on any atom is 0.272 e. The van der Waals surface area contributed by atoms with Gasteiger partial charge < -0.3 is 9.88 Å². The van der Waals surface area contributed by atoms with Gasteiger partial charge in [-0.25, -0.2) is 13.1 Å². The third kappa shape index (κ3) is 4.85. The van der Waals surface area contributed by atoms with E-state index in [0.717, 1.165) is 14.3 Å². The monoisotopic (exact) mass is 479 g/mol. The van der Waals surface area contributed by atoms with Crippen molar-refractivity contribution in [2.75, 3.05) is 12.4 Å². The van der Waals surface area contributed by atoms with Crippen LogP contribution in [0.25, 0.3) is 0 Å². The minimum absolute atomic E-state index is 0.0453. The second-order valence-corrected chi connectivity index (χ2v) is 9.86. The zero-order chi connectivity index (χ0) is 20.3. The third-order valence-corrected chi connectivity index (χ3v) is 6.88. The minimum atomic E-state index is -3.60. The number of amides is 1. The first-order chi connectivity index (χ1) is 13.3. The molecule has 1 amide bonds. The van der Waals surface area contributed by atoms with Crippen molar-refractivity contribution in [3.63, 3.8) is 0 Å². The summed E-state index contributed by atoms with van der Waals surface area (Å²) in [5.41, 5.74) is 0.881. The molecule has 2 N–H and O–H groups in total. The van der Waals surface area contributed by atoms with Crippen LogP contribution in [0.1, 0.15) is 10.5 Å². The first-order valence-corrected chi connectivity index (χ1v) is 11.3. The molecule has 0 aliphatic heterocycles. The van der Waals surface area contributed by atoms with Gasteiger partial charge in [0.15, 0.2) is 0 Å². The van der Waals surface area contributed by atoms with Gasteiger partial charge in [0.1, 0.15) is 10.6 Å². The number of hydrogen-bond acceptors (Lipinski definition) is 4. The number of nitrogens with one attached hydrogen (secondary N) is 2. The van der Waals surface area contributed by atoms with Crippen molar-refractivity contribution in [3.05, 3.63) is 71.0 Å². The lowest BCUT2D eigenvalue weighted by atomic mass is 10.3. The molecule has 0 saturated heterocycles. The van der Waals surface area contributed by atoms with Gasteiger partial charge in [-0.15, -0.1) is 0 Å². The summed E-state index contributed by atoms with van der Waals surface area (Å²) in [7, 11) is -0.645. The Hall–Kier alpha value is -2.07. The number of aromatic nitrogens is 1. The summed E-state index contributed by atoms with van der Waals surface area (Å²) in [6, 6.07) is 16.8. The molecule has 0 fully saturated rings. The van der Waals surface area contributed by atoms with Gasteiger partial charge in [-0.3, -0.25) is 4.79 Å². The zero-order valence-electron chi connectivity index (χ0n) is 15.1. The molecule has 9 heteroatoms. The molecule has 0 radical (unpaired) electrons. The van der Waals surface area contributed by atoms with Crippen LogP contribution in [0, 0.1) is 0 Å². The van der Waals surface area contributed by atoms with Gasteiger partial charge in [0, 0.05) is 33.2 Å². The van der Waals surface area contributed by atoms with Crippen LogP contribution in [0.2, 0.25) is 0 Å². The number of benzene rings is 2. The molecule has 28 heavy (non-hydrogen) atoms. The largest absolute Gasteiger partial charge is 0.345 e. The Bertz CT molecular complexity index is 1090. The Morgan fingerprint density at radius 2 is 1.61 bits per heavy atom. The van der Waals surface area contributed by atoms with Gasteiger partial charge in [-0.05, 0) is 61.6 Å². The van der Waals surface area contributed by atoms with Gasteiger partial charge in [-0.2, -0.15) is 0 Å². The highest BCUT2D eigenvalue weighted by Gasteiger charge is 2.19. The van der Waals surface area contributed by atoms with E-state index >= 15 is 0 Å². The molecule has 0 aliphatic rings. The van der Waals surface area contributed by atoms with Crippen molar-refractivity contribution in [1.29, 1.82) is 0 Å². The highest BCUT2D eigenvalue weighted by molar-refractivity contribution is 9.10. The predicted octanol–water partition coefficient (Wildman–Crippen LogP) is 4.10. The molecule has 2 aromatic carbocycles. The Balaban J connectivity index is 1.70. The number of hydrogen-bond donors (Lipinski definition) is 2. The molecular formula is C19H18BrN3O3S2. The Kier molecular flexibility index (Phi) is 6.29. The average molecular weight is 480 g/mol. The number of sulfonamides is 1. The van der Waals surface area contributed by atoms with Crippen molar-refractivity contribution >= 4 is 49.3 Å². The number of anilines is 1. The fourth-order valence-electron chi connectivity index (χ4n) is 2.46. The highest BCUT2D eigenvalue weighted by atomic mass is 79.9. The molecule has 0 unspecified atom stereocenters. The molecule has 146 valence electrons. The van der Waals surface area contributed by atoms with Crippen molar-refractivity contribution in [1.82, 2.24) is 9.29 Å². The fraction of sp³-hybridized carbons (Fsp3) is 0.105. The maximum absolute atomic E-state index is 12.5. The number of aryl methyl sites for hydroxylation is 1. The van der Waals surface area contributed by atoms with Gasteiger partial charge in [0.05, 0.1) is 0 Å². The molecule has 0 atom stereocenters. The molecule has 6 nitrogen and oxygen atoms in total. The normalized spacial score (nSPS) is 11.4. The number of halogens is 1. The Labute approximate surface area is 176 Å². The summed E-state index contributed by atoms with van der Waals surface area (Å²) in [6.07, 6.45) is 1.40. The standard InChI is InChI=1S/C19H18BrN3O3S2/c1-21-28(25,26)17-11-18(23(2)12-17)19(24)22-14-5-9-16(10-6-14)27-15-7-3-13(20)4-8-15/h3-12,21H,1-2H3,(H,22,24). The average Bonchev–Trinajstić information content (AvgIpc) is 3.08. The highest BCUT2D eigenvalue weighted by Crippen LogP contribution is 2.29. The molecular weight excluding hydrogens is 462 g/mol. The van der Waals surface area contributed by atoms with E-state index in [1.165, 1.54) is 23.9 Å². The fourth-order valence-corrected chi connectivity index (χ4v) is 4.35. The summed E-state index contributed by atoms with van der Waals surface area (Å²) in [4.78, 5) is 14.7. The van der Waals surface area contributed by atoms with E-state index in [9.17, 15) is 13.2 Å². The summed E-state index contributed by atoms with van der Waals surface area (Å²) >= 11 is 5.04. The number of nitrogens with zero attached hydrogens (tertiary/aromatic N) is 1. The number of carbonyl (C=O) groups excluding carboxylic acids is 1. The van der Waals surface area contributed by atoms with Crippen molar-refractivity contribution in [2.45, 2.75) is 14.7 Å². The van der Waals surface area contributed by atoms with E-state index in [1.54, 1.807) is 18.8 Å². The number of carbonyl (C=O) groups is 1. The van der Waals surface area contributed by atoms with E-state index < -0.39 is 10.0 Å². The summed E-state index contributed by atoms with van der Waals surface area (Å²) in [5.74, 6) is -0.381. The molecule has 0 aliphatic carbocycles. The van der Waals surface area contributed by atoms with Crippen LogP contribution >= 0.6 is 27.7 Å². The van der Waals surface area contributed by atoms with Crippen LogP contribution in [-0.4, -0.2) is 25.9 Å². The summed E-state index contributed by atoms with van der Waals surface area (Å²) in [6.45, 7) is 0. The van der Waals surface area contributed by atoms with Gasteiger partial charge in [-0.1, -0.05) is 27.7 Å². The first kappa shape index (κ1) is 20.7. The zero-order valence-corrected chi connectivity index (χ0v) is 18.4. The lowest BCUT2D eigenvalue weighted by Crippen LogP contribution is -2.18. The van der Waals surface area contributed by atoms with E-state index in [2.05, 4.69) is 26.0 Å². The summed E-state index contributed by atoms with van der Waals surface area (Å²) < 4.78 is 28.5. The van der Waals surface area contributed by atoms with Crippen LogP contribution in [0.4, 0.5) is 5.69 Å². The maximum atomic E-state index is 12.5. The van der Waals surface area contributed by atoms with Crippen molar-refractivity contribution < 1.29 is 13.2 Å². The third-order valence-electron chi connectivity index (χ3n) is 3.95. The van der Waals surface area contributed by atoms with Gasteiger partial charge in [0.2, 0.25) is 10.0 Å². The second-order valence-electron chi connectivity index (χ2n) is 5.91. The van der Waals surface area contributed by atoms with E-state index in [-0.39, 0.29) is 16.5 Å². The minimum Gasteiger partial charge on any atom is -0.345 e. The van der Waals surface area contributed by atoms with Crippen molar-refractivity contribution in [3.8, 4) is 0 Å². The lowest BCUT2D eigenvalue weighted by molar-refractivity contribution is 0.101. The second kappa shape index (κ2) is 8.52. The molecule has 0 bridgehead atoms. The first-order valence-electron chi connectivity index (χ1n) is 8.23. The molecule has 1 heterocycles. The molecule has 0 spiro atoms. The van der Waals surface area contributed by atoms with Crippen LogP contribution in [0.5, 0.6) is 0 Å². The van der Waals surface area contributed by atoms with Gasteiger partial charge in [0.25, 0.3) is 5.91 Å². The summed E-state index contributed by atoms with van der Waals surface area (Å²) in [5, 5.41) is 2.79. The topological polar surface area (TPSA) is 80.2 Å². The van der Waals surface area contributed by atoms with Gasteiger partial charge >= 0.3 is 0 Å². The van der Waals surface area contributed by atoms with Crippen molar-refractivity contribution in [2.24, 2.45) is 7.05 Å². The van der Waals surface area contributed by atoms with Crippen LogP contribution in [0.3, 0.4) is 0 Å². The van der Waals surface area contributed by atoms with E-state index in [1.807, 2.05) is 48.5 Å². The van der Waals surface area contributed by atoms with Crippen LogP contribution in [-0.2, 0) is 17.1 Å². The van der Waals surface area contributed by atoms with Crippen LogP contribution in [0.15, 0.2) is 80.0 Å². The van der Waals surface area contributed by atoms with E-state index in [0.29, 0.717) is 5.69 Å². The number of rotatable bonds is 6. The smallest absolute Gasteiger partial charge is 0.272 e. The van der Waals surface area contributed by atoms with E-state index in [4.69, 9.17) is 0 Å². The quantitative estimate of drug-likeness (QED) is 0.557. The Morgan fingerprint density at radius 3 is 2.18 bits per heavy atom. The molecule has 3 aromatic rings. The predicted molar refractivity (Wildman–Crippen MR) is 114 cm³/mol. The lowest BCUT2D eigenvalue weighted by Gasteiger charge is -2.07. The molecule has 1 aromatic heterocycles. The molecule has 3 rings (SSSR count). The molecule has 0 saturated carbocycles. The van der Waals surface area contributed by atoms with Crippen LogP contribution < -0.4 is 10.0 Å². The SMILES string of the molecule is CNS(=O)(=O)c1cc(C(=O)Nc2ccc(Sc3ccc(Br)cc3)cc2)n(C)c1.